The minimum atomic E-state index is -1.10. The van der Waals surface area contributed by atoms with E-state index in [1.807, 2.05) is 54.6 Å². The van der Waals surface area contributed by atoms with E-state index >= 15 is 0 Å². The van der Waals surface area contributed by atoms with E-state index < -0.39 is 24.6 Å². The van der Waals surface area contributed by atoms with Gasteiger partial charge in [-0.05, 0) is 51.8 Å². The van der Waals surface area contributed by atoms with Crippen molar-refractivity contribution in [1.82, 2.24) is 0 Å². The maximum atomic E-state index is 13.5. The minimum Gasteiger partial charge on any atom is -0.481 e. The smallest absolute Gasteiger partial charge is 0.306 e. The summed E-state index contributed by atoms with van der Waals surface area (Å²) in [5.41, 5.74) is 2.37. The van der Waals surface area contributed by atoms with Crippen LogP contribution in [0.3, 0.4) is 0 Å². The van der Waals surface area contributed by atoms with Crippen LogP contribution in [0, 0.1) is 0 Å². The maximum absolute atomic E-state index is 13.5. The van der Waals surface area contributed by atoms with Crippen molar-refractivity contribution in [3.8, 4) is 0 Å². The van der Waals surface area contributed by atoms with Gasteiger partial charge < -0.3 is 14.7 Å². The average Bonchev–Trinajstić information content (AvgIpc) is 2.88. The molecule has 1 heterocycles. The largest absolute Gasteiger partial charge is 0.481 e. The number of alkyl halides is 1. The molecule has 0 fully saturated rings. The van der Waals surface area contributed by atoms with Crippen LogP contribution in [0.2, 0.25) is 5.02 Å². The molecule has 0 saturated heterocycles. The quantitative estimate of drug-likeness (QED) is 0.217. The first-order valence-electron chi connectivity index (χ1n) is 10.5. The number of ether oxygens (including phenoxy) is 1. The number of halogens is 2. The van der Waals surface area contributed by atoms with E-state index in [0.29, 0.717) is 11.6 Å². The molecule has 1 aliphatic rings. The summed E-state index contributed by atoms with van der Waals surface area (Å²) in [6, 6.07) is 19.3. The van der Waals surface area contributed by atoms with Gasteiger partial charge in [0.1, 0.15) is 12.2 Å². The number of benzene rings is 3. The van der Waals surface area contributed by atoms with Crippen molar-refractivity contribution in [2.45, 2.75) is 31.5 Å². The van der Waals surface area contributed by atoms with E-state index in [1.165, 1.54) is 0 Å². The maximum Gasteiger partial charge on any atom is 0.306 e. The fourth-order valence-electron chi connectivity index (χ4n) is 4.18. The Bertz CT molecular complexity index is 1150. The Labute approximate surface area is 205 Å². The number of aliphatic carboxylic acids is 1. The molecule has 32 heavy (non-hydrogen) atoms. The van der Waals surface area contributed by atoms with E-state index in [4.69, 9.17) is 16.3 Å². The summed E-state index contributed by atoms with van der Waals surface area (Å²) >= 11 is 8.69. The van der Waals surface area contributed by atoms with Gasteiger partial charge in [0.05, 0.1) is 6.42 Å². The van der Waals surface area contributed by atoms with Crippen molar-refractivity contribution in [1.29, 1.82) is 0 Å². The molecule has 1 amide bonds. The third kappa shape index (κ3) is 4.77. The predicted octanol–water partition coefficient (Wildman–Crippen LogP) is 6.00. The number of nitrogens with zero attached hydrogens (tertiary/aromatic N) is 1. The normalized spacial score (nSPS) is 18.4. The van der Waals surface area contributed by atoms with Crippen LogP contribution < -0.4 is 4.90 Å². The summed E-state index contributed by atoms with van der Waals surface area (Å²) in [5.74, 6) is -1.40. The minimum absolute atomic E-state index is 0.327. The average molecular weight is 564 g/mol. The lowest BCUT2D eigenvalue weighted by atomic mass is 9.94. The van der Waals surface area contributed by atoms with E-state index in [-0.39, 0.29) is 5.91 Å². The predicted molar refractivity (Wildman–Crippen MR) is 135 cm³/mol. The lowest BCUT2D eigenvalue weighted by Crippen LogP contribution is -2.41. The van der Waals surface area contributed by atoms with Crippen molar-refractivity contribution in [2.24, 2.45) is 0 Å². The molecule has 2 unspecified atom stereocenters. The number of carboxylic acid groups (broad SMARTS) is 1. The zero-order chi connectivity index (χ0) is 22.7. The van der Waals surface area contributed by atoms with Crippen LogP contribution in [0.5, 0.6) is 0 Å². The van der Waals surface area contributed by atoms with Gasteiger partial charge in [-0.2, -0.15) is 0 Å². The van der Waals surface area contributed by atoms with Crippen molar-refractivity contribution in [3.63, 3.8) is 0 Å². The van der Waals surface area contributed by atoms with Gasteiger partial charge in [0.15, 0.2) is 0 Å². The van der Waals surface area contributed by atoms with Gasteiger partial charge in [-0.1, -0.05) is 76.7 Å². The zero-order valence-electron chi connectivity index (χ0n) is 17.3. The monoisotopic (exact) mass is 563 g/mol. The van der Waals surface area contributed by atoms with Crippen molar-refractivity contribution >= 4 is 62.5 Å². The van der Waals surface area contributed by atoms with Gasteiger partial charge in [-0.25, -0.2) is 0 Å². The first-order valence-corrected chi connectivity index (χ1v) is 12.4. The van der Waals surface area contributed by atoms with Crippen molar-refractivity contribution < 1.29 is 19.4 Å². The molecule has 0 aliphatic carbocycles. The van der Waals surface area contributed by atoms with E-state index in [9.17, 15) is 14.7 Å². The highest BCUT2D eigenvalue weighted by Crippen LogP contribution is 2.42. The van der Waals surface area contributed by atoms with Crippen molar-refractivity contribution in [2.75, 3.05) is 15.9 Å². The molecule has 0 bridgehead atoms. The Morgan fingerprint density at radius 3 is 2.62 bits per heavy atom. The fraction of sp³-hybridized carbons (Fsp3) is 0.280. The number of hydrogen-bond acceptors (Lipinski definition) is 3. The number of rotatable bonds is 7. The van der Waals surface area contributed by atoms with Gasteiger partial charge in [0, 0.05) is 22.8 Å². The Kier molecular flexibility index (Phi) is 7.33. The van der Waals surface area contributed by atoms with E-state index in [1.54, 1.807) is 11.0 Å². The number of fused-ring (bicyclic) bond motifs is 2. The molecule has 4 rings (SSSR count). The van der Waals surface area contributed by atoms with Crippen LogP contribution in [0.4, 0.5) is 5.69 Å². The molecule has 3 aromatic rings. The van der Waals surface area contributed by atoms with E-state index in [0.717, 1.165) is 44.9 Å². The third-order valence-corrected chi connectivity index (χ3v) is 6.63. The molecule has 166 valence electrons. The summed E-state index contributed by atoms with van der Waals surface area (Å²) in [7, 11) is 0. The first-order chi connectivity index (χ1) is 15.5. The number of anilines is 1. The molecule has 3 aromatic carbocycles. The molecule has 1 N–H and O–H groups in total. The SMILES string of the molecule is O=C(O)CC1OC(c2cccc3ccccc23)c2cc(Cl)ccc2N(CCCCI)C1=O. The number of unbranched alkanes of at least 4 members (excludes halogenated alkanes) is 1. The Hall–Kier alpha value is -2.16. The number of carboxylic acids is 1. The second kappa shape index (κ2) is 10.2. The third-order valence-electron chi connectivity index (χ3n) is 5.64. The van der Waals surface area contributed by atoms with E-state index in [2.05, 4.69) is 22.6 Å². The standard InChI is InChI=1S/C25H23ClINO4/c26-17-10-11-21-20(14-17)24(19-9-5-7-16-6-1-2-8-18(16)19)32-22(15-23(29)30)25(31)28(21)13-4-3-12-27/h1-2,5-11,14,22,24H,3-4,12-13,15H2,(H,29,30). The highest BCUT2D eigenvalue weighted by Gasteiger charge is 2.38. The molecule has 5 nitrogen and oxygen atoms in total. The van der Waals surface area contributed by atoms with Crippen LogP contribution in [-0.4, -0.2) is 34.1 Å². The van der Waals surface area contributed by atoms with Crippen LogP contribution in [0.1, 0.15) is 36.5 Å². The lowest BCUT2D eigenvalue weighted by molar-refractivity contribution is -0.146. The molecule has 0 radical (unpaired) electrons. The zero-order valence-corrected chi connectivity index (χ0v) is 20.3. The number of amides is 1. The second-order valence-corrected chi connectivity index (χ2v) is 9.28. The summed E-state index contributed by atoms with van der Waals surface area (Å²) < 4.78 is 7.30. The summed E-state index contributed by atoms with van der Waals surface area (Å²) in [4.78, 5) is 26.7. The molecule has 7 heteroatoms. The van der Waals surface area contributed by atoms with Gasteiger partial charge in [-0.3, -0.25) is 9.59 Å². The van der Waals surface area contributed by atoms with Gasteiger partial charge in [-0.15, -0.1) is 0 Å². The topological polar surface area (TPSA) is 66.8 Å². The highest BCUT2D eigenvalue weighted by atomic mass is 127. The van der Waals surface area contributed by atoms with Crippen LogP contribution in [-0.2, 0) is 14.3 Å². The summed E-state index contributed by atoms with van der Waals surface area (Å²) in [6.45, 7) is 0.498. The van der Waals surface area contributed by atoms with Crippen LogP contribution >= 0.6 is 34.2 Å². The summed E-state index contributed by atoms with van der Waals surface area (Å²) in [5, 5.41) is 12.1. The van der Waals surface area contributed by atoms with Crippen LogP contribution in [0.15, 0.2) is 60.7 Å². The lowest BCUT2D eigenvalue weighted by Gasteiger charge is -2.24. The number of carbonyl (C=O) groups is 2. The Morgan fingerprint density at radius 1 is 1.06 bits per heavy atom. The first kappa shape index (κ1) is 23.0. The van der Waals surface area contributed by atoms with Gasteiger partial charge >= 0.3 is 5.97 Å². The highest BCUT2D eigenvalue weighted by molar-refractivity contribution is 14.1. The molecule has 0 aromatic heterocycles. The van der Waals surface area contributed by atoms with Crippen molar-refractivity contribution in [3.05, 3.63) is 76.8 Å². The summed E-state index contributed by atoms with van der Waals surface area (Å²) in [6.07, 6.45) is -0.343. The number of carbonyl (C=O) groups excluding carboxylic acids is 1. The van der Waals surface area contributed by atoms with Gasteiger partial charge in [0.2, 0.25) is 0 Å². The molecular formula is C25H23ClINO4. The molecule has 2 atom stereocenters. The molecule has 0 spiro atoms. The molecule has 0 saturated carbocycles. The Morgan fingerprint density at radius 2 is 1.84 bits per heavy atom. The Balaban J connectivity index is 1.89. The molecule has 1 aliphatic heterocycles. The number of hydrogen-bond donors (Lipinski definition) is 1. The van der Waals surface area contributed by atoms with Gasteiger partial charge in [0.25, 0.3) is 5.91 Å². The second-order valence-electron chi connectivity index (χ2n) is 7.76. The van der Waals surface area contributed by atoms with Crippen LogP contribution in [0.25, 0.3) is 10.8 Å². The molecular weight excluding hydrogens is 541 g/mol. The fourth-order valence-corrected chi connectivity index (χ4v) is 4.90.